The molecule has 0 aromatic rings. The molecule has 2 rings (SSSR count). The third kappa shape index (κ3) is 5.15. The van der Waals surface area contributed by atoms with Gasteiger partial charge in [0.15, 0.2) is 0 Å². The molecular weight excluding hydrogens is 276 g/mol. The number of hydrogen-bond acceptors (Lipinski definition) is 2. The van der Waals surface area contributed by atoms with Gasteiger partial charge in [-0.05, 0) is 59.3 Å². The minimum Gasteiger partial charge on any atom is -0.373 e. The van der Waals surface area contributed by atoms with Crippen LogP contribution >= 0.6 is 0 Å². The molecule has 4 heteroatoms. The Kier molecular flexibility index (Phi) is 6.13. The first-order valence-corrected chi connectivity index (χ1v) is 9.12. The summed E-state index contributed by atoms with van der Waals surface area (Å²) in [6, 6.07) is 0.470. The predicted octanol–water partition coefficient (Wildman–Crippen LogP) is 4.22. The first-order chi connectivity index (χ1) is 10.4. The molecular formula is C18H34N2O2. The van der Waals surface area contributed by atoms with Crippen molar-refractivity contribution in [2.24, 2.45) is 5.73 Å². The van der Waals surface area contributed by atoms with Gasteiger partial charge in [-0.25, -0.2) is 4.79 Å². The minimum absolute atomic E-state index is 0.0812. The summed E-state index contributed by atoms with van der Waals surface area (Å²) in [6.07, 6.45) is 11.8. The number of hydrogen-bond donors (Lipinski definition) is 1. The zero-order chi connectivity index (χ0) is 16.2. The average Bonchev–Trinajstić information content (AvgIpc) is 2.68. The molecule has 0 heterocycles. The first-order valence-electron chi connectivity index (χ1n) is 9.12. The highest BCUT2D eigenvalue weighted by Crippen LogP contribution is 2.31. The number of carbonyl (C=O) groups excluding carboxylic acids is 1. The second kappa shape index (κ2) is 7.67. The highest BCUT2D eigenvalue weighted by atomic mass is 16.5. The van der Waals surface area contributed by atoms with Crippen molar-refractivity contribution in [1.82, 2.24) is 4.90 Å². The molecule has 0 aliphatic heterocycles. The largest absolute Gasteiger partial charge is 0.373 e. The molecule has 0 unspecified atom stereocenters. The third-order valence-corrected chi connectivity index (χ3v) is 5.03. The van der Waals surface area contributed by atoms with Crippen LogP contribution in [0.1, 0.15) is 85.0 Å². The Hall–Kier alpha value is -0.770. The molecule has 4 nitrogen and oxygen atoms in total. The quantitative estimate of drug-likeness (QED) is 0.794. The molecule has 2 amide bonds. The predicted molar refractivity (Wildman–Crippen MR) is 89.8 cm³/mol. The standard InChI is InChI=1S/C18H34N2O2/c1-18(2,3)22-16-12-10-15(11-13-16)20(17(19)21)14-8-6-4-5-7-9-14/h14-16H,4-13H2,1-3H3,(H2,19,21). The van der Waals surface area contributed by atoms with Crippen LogP contribution in [0.4, 0.5) is 4.79 Å². The zero-order valence-corrected chi connectivity index (χ0v) is 14.6. The lowest BCUT2D eigenvalue weighted by molar-refractivity contribution is -0.0808. The highest BCUT2D eigenvalue weighted by Gasteiger charge is 2.34. The fraction of sp³-hybridized carbons (Fsp3) is 0.944. The average molecular weight is 310 g/mol. The lowest BCUT2D eigenvalue weighted by atomic mass is 9.89. The summed E-state index contributed by atoms with van der Waals surface area (Å²) < 4.78 is 6.10. The Morgan fingerprint density at radius 2 is 1.41 bits per heavy atom. The summed E-state index contributed by atoms with van der Waals surface area (Å²) in [7, 11) is 0. The van der Waals surface area contributed by atoms with E-state index in [1.165, 1.54) is 25.7 Å². The topological polar surface area (TPSA) is 55.6 Å². The van der Waals surface area contributed by atoms with Crippen molar-refractivity contribution in [3.63, 3.8) is 0 Å². The number of nitrogens with two attached hydrogens (primary N) is 1. The second-order valence-corrected chi connectivity index (χ2v) is 8.05. The van der Waals surface area contributed by atoms with Crippen LogP contribution in [0.15, 0.2) is 0 Å². The van der Waals surface area contributed by atoms with E-state index in [2.05, 4.69) is 20.8 Å². The van der Waals surface area contributed by atoms with E-state index in [1.807, 2.05) is 4.90 Å². The second-order valence-electron chi connectivity index (χ2n) is 8.05. The summed E-state index contributed by atoms with van der Waals surface area (Å²) >= 11 is 0. The van der Waals surface area contributed by atoms with Gasteiger partial charge in [-0.2, -0.15) is 0 Å². The Labute approximate surface area is 135 Å². The Balaban J connectivity index is 1.92. The van der Waals surface area contributed by atoms with Gasteiger partial charge in [0.05, 0.1) is 11.7 Å². The molecule has 0 bridgehead atoms. The fourth-order valence-corrected chi connectivity index (χ4v) is 4.14. The maximum Gasteiger partial charge on any atom is 0.315 e. The van der Waals surface area contributed by atoms with Crippen molar-refractivity contribution in [1.29, 1.82) is 0 Å². The Morgan fingerprint density at radius 3 is 1.86 bits per heavy atom. The number of rotatable bonds is 3. The van der Waals surface area contributed by atoms with Crippen molar-refractivity contribution < 1.29 is 9.53 Å². The van der Waals surface area contributed by atoms with E-state index in [0.717, 1.165) is 38.5 Å². The molecule has 0 spiro atoms. The molecule has 128 valence electrons. The Bertz CT molecular complexity index is 349. The number of primary amides is 1. The first kappa shape index (κ1) is 17.6. The summed E-state index contributed by atoms with van der Waals surface area (Å²) in [6.45, 7) is 6.33. The van der Waals surface area contributed by atoms with Gasteiger partial charge in [-0.3, -0.25) is 0 Å². The molecule has 0 radical (unpaired) electrons. The van der Waals surface area contributed by atoms with E-state index in [1.54, 1.807) is 0 Å². The van der Waals surface area contributed by atoms with Crippen LogP contribution in [0.3, 0.4) is 0 Å². The van der Waals surface area contributed by atoms with E-state index in [4.69, 9.17) is 10.5 Å². The monoisotopic (exact) mass is 310 g/mol. The lowest BCUT2D eigenvalue weighted by Gasteiger charge is -2.41. The maximum atomic E-state index is 12.0. The summed E-state index contributed by atoms with van der Waals surface area (Å²) in [5.74, 6) is 0. The fourth-order valence-electron chi connectivity index (χ4n) is 4.14. The maximum absolute atomic E-state index is 12.0. The van der Waals surface area contributed by atoms with Crippen molar-refractivity contribution >= 4 is 6.03 Å². The normalized spacial score (nSPS) is 28.1. The van der Waals surface area contributed by atoms with Crippen molar-refractivity contribution in [2.45, 2.75) is 109 Å². The van der Waals surface area contributed by atoms with E-state index in [0.29, 0.717) is 18.2 Å². The number of nitrogens with zero attached hydrogens (tertiary/aromatic N) is 1. The van der Waals surface area contributed by atoms with Gasteiger partial charge < -0.3 is 15.4 Å². The van der Waals surface area contributed by atoms with Gasteiger partial charge in [0.2, 0.25) is 0 Å². The number of ether oxygens (including phenoxy) is 1. The van der Waals surface area contributed by atoms with Crippen LogP contribution in [0.5, 0.6) is 0 Å². The van der Waals surface area contributed by atoms with Crippen LogP contribution in [-0.2, 0) is 4.74 Å². The lowest BCUT2D eigenvalue weighted by Crippen LogP contribution is -2.51. The van der Waals surface area contributed by atoms with Gasteiger partial charge in [-0.15, -0.1) is 0 Å². The highest BCUT2D eigenvalue weighted by molar-refractivity contribution is 5.72. The van der Waals surface area contributed by atoms with Gasteiger partial charge in [0, 0.05) is 12.1 Å². The Morgan fingerprint density at radius 1 is 0.909 bits per heavy atom. The van der Waals surface area contributed by atoms with Crippen LogP contribution < -0.4 is 5.73 Å². The molecule has 2 fully saturated rings. The number of urea groups is 1. The molecule has 2 N–H and O–H groups in total. The van der Waals surface area contributed by atoms with Gasteiger partial charge in [0.1, 0.15) is 0 Å². The molecule has 0 saturated heterocycles. The van der Waals surface area contributed by atoms with E-state index in [-0.39, 0.29) is 11.6 Å². The minimum atomic E-state index is -0.216. The smallest absolute Gasteiger partial charge is 0.315 e. The van der Waals surface area contributed by atoms with Gasteiger partial charge >= 0.3 is 6.03 Å². The zero-order valence-electron chi connectivity index (χ0n) is 14.6. The van der Waals surface area contributed by atoms with Crippen LogP contribution in [0.25, 0.3) is 0 Å². The molecule has 0 aromatic heterocycles. The molecule has 0 aromatic carbocycles. The van der Waals surface area contributed by atoms with Crippen molar-refractivity contribution in [2.75, 3.05) is 0 Å². The SMILES string of the molecule is CC(C)(C)OC1CCC(N(C(N)=O)C2CCCCCC2)CC1. The molecule has 2 aliphatic rings. The summed E-state index contributed by atoms with van der Waals surface area (Å²) in [5, 5.41) is 0. The summed E-state index contributed by atoms with van der Waals surface area (Å²) in [5.41, 5.74) is 5.66. The van der Waals surface area contributed by atoms with Crippen LogP contribution in [-0.4, -0.2) is 34.7 Å². The third-order valence-electron chi connectivity index (χ3n) is 5.03. The number of carbonyl (C=O) groups is 1. The summed E-state index contributed by atoms with van der Waals surface area (Å²) in [4.78, 5) is 14.1. The van der Waals surface area contributed by atoms with E-state index >= 15 is 0 Å². The molecule has 2 saturated carbocycles. The molecule has 0 atom stereocenters. The molecule has 22 heavy (non-hydrogen) atoms. The van der Waals surface area contributed by atoms with E-state index < -0.39 is 0 Å². The molecule has 2 aliphatic carbocycles. The van der Waals surface area contributed by atoms with Crippen LogP contribution in [0, 0.1) is 0 Å². The van der Waals surface area contributed by atoms with E-state index in [9.17, 15) is 4.79 Å². The van der Waals surface area contributed by atoms with Gasteiger partial charge in [0.25, 0.3) is 0 Å². The van der Waals surface area contributed by atoms with Gasteiger partial charge in [-0.1, -0.05) is 25.7 Å². The number of amides is 2. The van der Waals surface area contributed by atoms with Crippen molar-refractivity contribution in [3.05, 3.63) is 0 Å². The van der Waals surface area contributed by atoms with Crippen molar-refractivity contribution in [3.8, 4) is 0 Å². The van der Waals surface area contributed by atoms with Crippen LogP contribution in [0.2, 0.25) is 0 Å².